The van der Waals surface area contributed by atoms with E-state index in [0.29, 0.717) is 0 Å². The Labute approximate surface area is 117 Å². The van der Waals surface area contributed by atoms with Crippen LogP contribution in [-0.2, 0) is 0 Å². The van der Waals surface area contributed by atoms with Crippen LogP contribution in [0.5, 0.6) is 0 Å². The fraction of sp³-hybridized carbons (Fsp3) is 0.714. The number of halogens is 1. The quantitative estimate of drug-likeness (QED) is 0.777. The summed E-state index contributed by atoms with van der Waals surface area (Å²) in [7, 11) is 0. The topological polar surface area (TPSA) is 12.0 Å². The van der Waals surface area contributed by atoms with Crippen molar-refractivity contribution < 1.29 is 0 Å². The molecule has 0 aliphatic heterocycles. The molecular weight excluding hydrogens is 294 g/mol. The van der Waals surface area contributed by atoms with Gasteiger partial charge in [0.25, 0.3) is 0 Å². The van der Waals surface area contributed by atoms with Gasteiger partial charge < -0.3 is 5.32 Å². The molecule has 0 spiro atoms. The highest BCUT2D eigenvalue weighted by Gasteiger charge is 2.22. The van der Waals surface area contributed by atoms with E-state index in [4.69, 9.17) is 0 Å². The number of rotatable bonds is 4. The highest BCUT2D eigenvalue weighted by Crippen LogP contribution is 2.37. The summed E-state index contributed by atoms with van der Waals surface area (Å²) in [6, 6.07) is 0.731. The van der Waals surface area contributed by atoms with Crippen LogP contribution in [0.25, 0.3) is 0 Å². The third-order valence-corrected chi connectivity index (χ3v) is 5.44. The van der Waals surface area contributed by atoms with Gasteiger partial charge in [0.2, 0.25) is 0 Å². The molecule has 0 amide bonds. The summed E-state index contributed by atoms with van der Waals surface area (Å²) in [5, 5.41) is 8.26. The van der Waals surface area contributed by atoms with Gasteiger partial charge in [-0.2, -0.15) is 11.3 Å². The van der Waals surface area contributed by atoms with Crippen molar-refractivity contribution in [2.75, 3.05) is 6.54 Å². The second-order valence-electron chi connectivity index (χ2n) is 5.04. The Bertz CT molecular complexity index is 337. The van der Waals surface area contributed by atoms with Crippen molar-refractivity contribution in [3.63, 3.8) is 0 Å². The molecule has 1 aromatic rings. The summed E-state index contributed by atoms with van der Waals surface area (Å²) in [4.78, 5) is 0. The van der Waals surface area contributed by atoms with E-state index < -0.39 is 0 Å². The first kappa shape index (κ1) is 13.6. The Morgan fingerprint density at radius 1 is 1.35 bits per heavy atom. The van der Waals surface area contributed by atoms with Gasteiger partial charge in [0.15, 0.2) is 0 Å². The largest absolute Gasteiger partial charge is 0.314 e. The van der Waals surface area contributed by atoms with E-state index in [1.807, 2.05) is 11.3 Å². The maximum absolute atomic E-state index is 3.71. The van der Waals surface area contributed by atoms with Gasteiger partial charge in [0.05, 0.1) is 0 Å². The molecule has 2 atom stereocenters. The second-order valence-corrected chi connectivity index (χ2v) is 6.64. The molecule has 96 valence electrons. The summed E-state index contributed by atoms with van der Waals surface area (Å²) < 4.78 is 1.32. The normalized spacial score (nSPS) is 25.8. The fourth-order valence-electron chi connectivity index (χ4n) is 2.76. The SMILES string of the molecule is CCCNC1CCCCC(c2cscc2Br)C1. The zero-order chi connectivity index (χ0) is 12.1. The van der Waals surface area contributed by atoms with Gasteiger partial charge in [-0.15, -0.1) is 0 Å². The van der Waals surface area contributed by atoms with Crippen molar-refractivity contribution in [1.82, 2.24) is 5.32 Å². The van der Waals surface area contributed by atoms with Crippen LogP contribution < -0.4 is 5.32 Å². The van der Waals surface area contributed by atoms with Crippen LogP contribution in [0.3, 0.4) is 0 Å². The maximum Gasteiger partial charge on any atom is 0.0317 e. The Hall–Kier alpha value is 0.140. The monoisotopic (exact) mass is 315 g/mol. The van der Waals surface area contributed by atoms with Gasteiger partial charge in [-0.3, -0.25) is 0 Å². The van der Waals surface area contributed by atoms with Gasteiger partial charge in [-0.25, -0.2) is 0 Å². The lowest BCUT2D eigenvalue weighted by Crippen LogP contribution is -2.30. The van der Waals surface area contributed by atoms with Crippen LogP contribution in [0.15, 0.2) is 15.2 Å². The van der Waals surface area contributed by atoms with E-state index in [1.165, 1.54) is 49.5 Å². The molecule has 1 saturated carbocycles. The average Bonchev–Trinajstić information content (AvgIpc) is 2.63. The molecular formula is C14H22BrNS. The molecule has 17 heavy (non-hydrogen) atoms. The van der Waals surface area contributed by atoms with Gasteiger partial charge in [-0.05, 0) is 65.0 Å². The molecule has 1 aliphatic rings. The minimum absolute atomic E-state index is 0.731. The van der Waals surface area contributed by atoms with E-state index in [-0.39, 0.29) is 0 Å². The minimum Gasteiger partial charge on any atom is -0.314 e. The molecule has 1 aliphatic carbocycles. The van der Waals surface area contributed by atoms with Crippen LogP contribution in [0.2, 0.25) is 0 Å². The number of thiophene rings is 1. The molecule has 2 unspecified atom stereocenters. The predicted molar refractivity (Wildman–Crippen MR) is 79.9 cm³/mol. The zero-order valence-corrected chi connectivity index (χ0v) is 12.9. The molecule has 1 fully saturated rings. The number of hydrogen-bond acceptors (Lipinski definition) is 2. The first-order valence-corrected chi connectivity index (χ1v) is 8.49. The summed E-state index contributed by atoms with van der Waals surface area (Å²) in [6.45, 7) is 3.42. The molecule has 0 aromatic carbocycles. The Morgan fingerprint density at radius 3 is 2.88 bits per heavy atom. The molecule has 1 heterocycles. The number of hydrogen-bond donors (Lipinski definition) is 1. The maximum atomic E-state index is 3.71. The van der Waals surface area contributed by atoms with Gasteiger partial charge in [0, 0.05) is 15.9 Å². The van der Waals surface area contributed by atoms with Crippen molar-refractivity contribution in [3.8, 4) is 0 Å². The minimum atomic E-state index is 0.731. The summed E-state index contributed by atoms with van der Waals surface area (Å²) in [6.07, 6.45) is 8.05. The van der Waals surface area contributed by atoms with Crippen molar-refractivity contribution in [2.24, 2.45) is 0 Å². The van der Waals surface area contributed by atoms with Crippen LogP contribution in [-0.4, -0.2) is 12.6 Å². The lowest BCUT2D eigenvalue weighted by molar-refractivity contribution is 0.439. The average molecular weight is 316 g/mol. The Morgan fingerprint density at radius 2 is 2.18 bits per heavy atom. The van der Waals surface area contributed by atoms with E-state index in [2.05, 4.69) is 38.9 Å². The van der Waals surface area contributed by atoms with Gasteiger partial charge in [-0.1, -0.05) is 19.8 Å². The fourth-order valence-corrected chi connectivity index (χ4v) is 4.46. The van der Waals surface area contributed by atoms with Gasteiger partial charge in [0.1, 0.15) is 0 Å². The standard InChI is InChI=1S/C14H22BrNS/c1-2-7-16-12-6-4-3-5-11(8-12)13-9-17-10-14(13)15/h9-12,16H,2-8H2,1H3. The van der Waals surface area contributed by atoms with Crippen LogP contribution >= 0.6 is 27.3 Å². The molecule has 1 N–H and O–H groups in total. The van der Waals surface area contributed by atoms with E-state index in [1.54, 1.807) is 5.56 Å². The number of nitrogens with one attached hydrogen (secondary N) is 1. The molecule has 0 bridgehead atoms. The lowest BCUT2D eigenvalue weighted by Gasteiger charge is -2.21. The van der Waals surface area contributed by atoms with E-state index in [0.717, 1.165) is 12.0 Å². The summed E-state index contributed by atoms with van der Waals surface area (Å²) in [5.41, 5.74) is 1.54. The zero-order valence-electron chi connectivity index (χ0n) is 10.5. The molecule has 3 heteroatoms. The van der Waals surface area contributed by atoms with Crippen LogP contribution in [0.4, 0.5) is 0 Å². The molecule has 1 nitrogen and oxygen atoms in total. The molecule has 1 aromatic heterocycles. The van der Waals surface area contributed by atoms with Crippen molar-refractivity contribution in [2.45, 2.75) is 57.4 Å². The Kier molecular flexibility index (Phi) is 5.51. The predicted octanol–water partition coefficient (Wildman–Crippen LogP) is 4.93. The van der Waals surface area contributed by atoms with Crippen molar-refractivity contribution >= 4 is 27.3 Å². The van der Waals surface area contributed by atoms with Gasteiger partial charge >= 0.3 is 0 Å². The summed E-state index contributed by atoms with van der Waals surface area (Å²) in [5.74, 6) is 0.757. The van der Waals surface area contributed by atoms with E-state index >= 15 is 0 Å². The third kappa shape index (κ3) is 3.80. The highest BCUT2D eigenvalue weighted by atomic mass is 79.9. The molecule has 2 rings (SSSR count). The first-order valence-electron chi connectivity index (χ1n) is 6.76. The third-order valence-electron chi connectivity index (χ3n) is 3.69. The van der Waals surface area contributed by atoms with Crippen molar-refractivity contribution in [1.29, 1.82) is 0 Å². The lowest BCUT2D eigenvalue weighted by atomic mass is 9.92. The first-order chi connectivity index (χ1) is 8.31. The van der Waals surface area contributed by atoms with Crippen LogP contribution in [0, 0.1) is 0 Å². The Balaban J connectivity index is 1.99. The smallest absolute Gasteiger partial charge is 0.0317 e. The molecule has 0 radical (unpaired) electrons. The summed E-state index contributed by atoms with van der Waals surface area (Å²) >= 11 is 5.51. The van der Waals surface area contributed by atoms with Crippen molar-refractivity contribution in [3.05, 3.63) is 20.8 Å². The second kappa shape index (κ2) is 6.91. The highest BCUT2D eigenvalue weighted by molar-refractivity contribution is 9.10. The molecule has 0 saturated heterocycles. The van der Waals surface area contributed by atoms with E-state index in [9.17, 15) is 0 Å². The van der Waals surface area contributed by atoms with Crippen LogP contribution in [0.1, 0.15) is 56.9 Å².